The summed E-state index contributed by atoms with van der Waals surface area (Å²) in [5.74, 6) is -0.222. The molecule has 15 heteroatoms. The van der Waals surface area contributed by atoms with Crippen molar-refractivity contribution in [3.8, 4) is 34.2 Å². The molecule has 6 rings (SSSR count). The molecule has 0 N–H and O–H groups in total. The van der Waals surface area contributed by atoms with E-state index in [1.807, 2.05) is 0 Å². The summed E-state index contributed by atoms with van der Waals surface area (Å²) in [5, 5.41) is 9.22. The summed E-state index contributed by atoms with van der Waals surface area (Å²) in [6.45, 7) is 2.91. The molecular formula is C28H25F6N6O2P. The van der Waals surface area contributed by atoms with Crippen LogP contribution < -0.4 is 10.0 Å². The van der Waals surface area contributed by atoms with Gasteiger partial charge in [-0.05, 0) is 44.4 Å². The molecule has 0 atom stereocenters. The maximum atomic E-state index is 13.5. The van der Waals surface area contributed by atoms with Crippen LogP contribution in [0.25, 0.3) is 39.4 Å². The average molecular weight is 623 g/mol. The van der Waals surface area contributed by atoms with Crippen LogP contribution in [-0.4, -0.2) is 48.8 Å². The van der Waals surface area contributed by atoms with Crippen molar-refractivity contribution in [1.29, 1.82) is 0 Å². The molecule has 8 nitrogen and oxygen atoms in total. The topological polar surface area (TPSA) is 79.8 Å². The van der Waals surface area contributed by atoms with Crippen LogP contribution in [0.4, 0.5) is 26.3 Å². The standard InChI is InChI=1S/C28H25F6N6O2P/c1-38-25(15-8-9-15)24(35-26(38)18-11-10-16(43(3,4)41)12-21(18)42-28(32,33)34)17-6-5-7-20-19(17)14-40(36-20)23-13-22(27(29,30)31)39(2)37-23/h5-7,10-15H,8-9H2,1-4H3. The molecule has 0 aliphatic heterocycles. The van der Waals surface area contributed by atoms with Crippen molar-refractivity contribution in [1.82, 2.24) is 29.1 Å². The summed E-state index contributed by atoms with van der Waals surface area (Å²) in [6, 6.07) is 10.2. The summed E-state index contributed by atoms with van der Waals surface area (Å²) < 4.78 is 101. The number of ether oxygens (including phenoxy) is 1. The van der Waals surface area contributed by atoms with E-state index < -0.39 is 31.1 Å². The Labute approximate surface area is 241 Å². The van der Waals surface area contributed by atoms with Crippen LogP contribution >= 0.6 is 7.14 Å². The van der Waals surface area contributed by atoms with Crippen LogP contribution in [0.5, 0.6) is 5.75 Å². The molecule has 0 spiro atoms. The molecule has 5 aromatic rings. The fourth-order valence-corrected chi connectivity index (χ4v) is 6.07. The molecule has 0 amide bonds. The third-order valence-corrected chi connectivity index (χ3v) is 8.88. The van der Waals surface area contributed by atoms with Gasteiger partial charge >= 0.3 is 12.5 Å². The van der Waals surface area contributed by atoms with Gasteiger partial charge in [0.25, 0.3) is 0 Å². The highest BCUT2D eigenvalue weighted by Crippen LogP contribution is 2.48. The summed E-state index contributed by atoms with van der Waals surface area (Å²) in [4.78, 5) is 4.82. The zero-order valence-corrected chi connectivity index (χ0v) is 24.2. The highest BCUT2D eigenvalue weighted by atomic mass is 31.2. The Balaban J connectivity index is 1.52. The molecule has 0 saturated heterocycles. The van der Waals surface area contributed by atoms with Crippen LogP contribution in [0.3, 0.4) is 0 Å². The summed E-state index contributed by atoms with van der Waals surface area (Å²) in [5.41, 5.74) is 1.53. The number of aromatic nitrogens is 6. The Kier molecular flexibility index (Phi) is 6.57. The first-order valence-electron chi connectivity index (χ1n) is 13.1. The Morgan fingerprint density at radius 2 is 1.67 bits per heavy atom. The van der Waals surface area contributed by atoms with Gasteiger partial charge in [0.15, 0.2) is 5.82 Å². The number of hydrogen-bond acceptors (Lipinski definition) is 5. The third-order valence-electron chi connectivity index (χ3n) is 7.35. The van der Waals surface area contributed by atoms with Gasteiger partial charge in [-0.1, -0.05) is 18.2 Å². The first-order chi connectivity index (χ1) is 20.0. The molecule has 1 aliphatic carbocycles. The van der Waals surface area contributed by atoms with E-state index in [9.17, 15) is 30.9 Å². The van der Waals surface area contributed by atoms with Gasteiger partial charge < -0.3 is 13.9 Å². The first kappa shape index (κ1) is 29.0. The van der Waals surface area contributed by atoms with E-state index in [0.717, 1.165) is 35.4 Å². The number of imidazole rings is 1. The van der Waals surface area contributed by atoms with E-state index in [2.05, 4.69) is 14.9 Å². The SMILES string of the molecule is Cn1nc(-n2cc3c(-c4nc(-c5ccc(P(C)(C)=O)cc5OC(F)(F)F)n(C)c4C4CC4)cccc3n2)cc1C(F)(F)F. The third kappa shape index (κ3) is 5.44. The predicted octanol–water partition coefficient (Wildman–Crippen LogP) is 6.87. The number of nitrogens with zero attached hydrogens (tertiary/aromatic N) is 6. The second kappa shape index (κ2) is 9.73. The number of rotatable bonds is 6. The van der Waals surface area contributed by atoms with Crippen LogP contribution in [-0.2, 0) is 24.8 Å². The average Bonchev–Trinajstić information content (AvgIpc) is 3.33. The number of halogens is 6. The highest BCUT2D eigenvalue weighted by Gasteiger charge is 2.37. The molecule has 0 radical (unpaired) electrons. The second-order valence-electron chi connectivity index (χ2n) is 10.9. The monoisotopic (exact) mass is 622 g/mol. The summed E-state index contributed by atoms with van der Waals surface area (Å²) in [6.07, 6.45) is -6.32. The van der Waals surface area contributed by atoms with Gasteiger partial charge in [-0.3, -0.25) is 4.68 Å². The van der Waals surface area contributed by atoms with Gasteiger partial charge in [0.1, 0.15) is 24.4 Å². The van der Waals surface area contributed by atoms with E-state index in [1.165, 1.54) is 37.2 Å². The smallest absolute Gasteiger partial charge is 0.405 e. The molecule has 226 valence electrons. The zero-order valence-electron chi connectivity index (χ0n) is 23.3. The minimum atomic E-state index is -5.00. The molecule has 1 saturated carbocycles. The van der Waals surface area contributed by atoms with Crippen molar-refractivity contribution in [2.24, 2.45) is 14.1 Å². The van der Waals surface area contributed by atoms with Gasteiger partial charge in [-0.15, -0.1) is 13.2 Å². The molecule has 1 aliphatic rings. The fraction of sp³-hybridized carbons (Fsp3) is 0.321. The Bertz CT molecular complexity index is 1930. The largest absolute Gasteiger partial charge is 0.573 e. The number of aryl methyl sites for hydroxylation is 1. The quantitative estimate of drug-likeness (QED) is 0.153. The molecule has 0 bridgehead atoms. The van der Waals surface area contributed by atoms with E-state index >= 15 is 0 Å². The first-order valence-corrected chi connectivity index (χ1v) is 15.7. The predicted molar refractivity (Wildman–Crippen MR) is 148 cm³/mol. The molecule has 3 heterocycles. The second-order valence-corrected chi connectivity index (χ2v) is 14.1. The van der Waals surface area contributed by atoms with Crippen LogP contribution in [0.15, 0.2) is 48.7 Å². The van der Waals surface area contributed by atoms with Crippen molar-refractivity contribution in [2.75, 3.05) is 13.3 Å². The lowest BCUT2D eigenvalue weighted by atomic mass is 10.0. The van der Waals surface area contributed by atoms with Crippen LogP contribution in [0.2, 0.25) is 0 Å². The minimum Gasteiger partial charge on any atom is -0.405 e. The maximum Gasteiger partial charge on any atom is 0.573 e. The van der Waals surface area contributed by atoms with Gasteiger partial charge in [-0.2, -0.15) is 23.4 Å². The minimum absolute atomic E-state index is 0.0285. The van der Waals surface area contributed by atoms with Gasteiger partial charge in [-0.25, -0.2) is 9.67 Å². The van der Waals surface area contributed by atoms with E-state index in [0.29, 0.717) is 22.2 Å². The zero-order chi connectivity index (χ0) is 31.1. The van der Waals surface area contributed by atoms with Crippen molar-refractivity contribution in [3.63, 3.8) is 0 Å². The van der Waals surface area contributed by atoms with Crippen molar-refractivity contribution in [3.05, 3.63) is 60.0 Å². The van der Waals surface area contributed by atoms with Gasteiger partial charge in [0.05, 0.1) is 16.8 Å². The number of fused-ring (bicyclic) bond motifs is 1. The molecular weight excluding hydrogens is 597 g/mol. The van der Waals surface area contributed by atoms with E-state index in [4.69, 9.17) is 4.98 Å². The lowest BCUT2D eigenvalue weighted by Gasteiger charge is -2.16. The number of hydrogen-bond donors (Lipinski definition) is 0. The molecule has 1 fully saturated rings. The lowest BCUT2D eigenvalue weighted by Crippen LogP contribution is -2.19. The molecule has 2 aromatic carbocycles. The van der Waals surface area contributed by atoms with Gasteiger partial charge in [0, 0.05) is 54.2 Å². The van der Waals surface area contributed by atoms with Crippen molar-refractivity contribution >= 4 is 23.3 Å². The number of alkyl halides is 6. The molecule has 0 unspecified atom stereocenters. The summed E-state index contributed by atoms with van der Waals surface area (Å²) >= 11 is 0. The number of benzene rings is 2. The van der Waals surface area contributed by atoms with Gasteiger partial charge in [0.2, 0.25) is 0 Å². The molecule has 3 aromatic heterocycles. The summed E-state index contributed by atoms with van der Waals surface area (Å²) in [7, 11) is 0.00349. The van der Waals surface area contributed by atoms with Crippen molar-refractivity contribution < 1.29 is 35.6 Å². The highest BCUT2D eigenvalue weighted by molar-refractivity contribution is 7.70. The Hall–Kier alpha value is -4.06. The Morgan fingerprint density at radius 1 is 0.953 bits per heavy atom. The maximum absolute atomic E-state index is 13.5. The van der Waals surface area contributed by atoms with E-state index in [-0.39, 0.29) is 28.4 Å². The normalized spacial score (nSPS) is 14.6. The molecule has 43 heavy (non-hydrogen) atoms. The van der Waals surface area contributed by atoms with Crippen molar-refractivity contribution in [2.45, 2.75) is 31.3 Å². The lowest BCUT2D eigenvalue weighted by molar-refractivity contribution is -0.274. The van der Waals surface area contributed by atoms with Crippen LogP contribution in [0, 0.1) is 0 Å². The Morgan fingerprint density at radius 3 is 2.28 bits per heavy atom. The fourth-order valence-electron chi connectivity index (χ4n) is 5.21. The van der Waals surface area contributed by atoms with Crippen LogP contribution in [0.1, 0.15) is 30.1 Å². The van der Waals surface area contributed by atoms with E-state index in [1.54, 1.807) is 36.0 Å².